The van der Waals surface area contributed by atoms with Gasteiger partial charge >= 0.3 is 6.61 Å². The van der Waals surface area contributed by atoms with Crippen molar-refractivity contribution in [1.29, 1.82) is 0 Å². The number of nitro benzene ring substituents is 1. The third-order valence-corrected chi connectivity index (χ3v) is 4.30. The molecule has 0 spiro atoms. The second-order valence-corrected chi connectivity index (χ2v) is 6.43. The van der Waals surface area contributed by atoms with Crippen molar-refractivity contribution in [3.8, 4) is 11.5 Å². The molecule has 1 heterocycles. The highest BCUT2D eigenvalue weighted by atomic mass is 19.3. The van der Waals surface area contributed by atoms with Crippen LogP contribution in [0.1, 0.15) is 24.2 Å². The fourth-order valence-corrected chi connectivity index (χ4v) is 2.88. The molecule has 0 aromatic heterocycles. The highest BCUT2D eigenvalue weighted by molar-refractivity contribution is 5.99. The molecule has 0 aliphatic carbocycles. The number of alkyl halides is 2. The topological polar surface area (TPSA) is 102 Å². The Balaban J connectivity index is 2.27. The number of hydrogen-bond donors (Lipinski definition) is 0. The number of hydrogen-bond acceptors (Lipinski definition) is 6. The largest absolute Gasteiger partial charge is 0.493 e. The first-order valence-corrected chi connectivity index (χ1v) is 8.55. The van der Waals surface area contributed by atoms with Crippen LogP contribution in [0.25, 0.3) is 0 Å². The molecule has 0 N–H and O–H groups in total. The zero-order chi connectivity index (χ0) is 21.0. The number of carbonyl (C=O) groups excluding carboxylic acids is 2. The van der Waals surface area contributed by atoms with Gasteiger partial charge in [0.2, 0.25) is 5.91 Å². The van der Waals surface area contributed by atoms with Crippen LogP contribution in [0.4, 0.5) is 14.5 Å². The van der Waals surface area contributed by atoms with Crippen molar-refractivity contribution in [2.45, 2.75) is 20.5 Å². The second kappa shape index (κ2) is 8.81. The summed E-state index contributed by atoms with van der Waals surface area (Å²) in [7, 11) is 1.17. The molecule has 0 atom stereocenters. The molecule has 154 valence electrons. The van der Waals surface area contributed by atoms with E-state index in [1.165, 1.54) is 12.0 Å². The van der Waals surface area contributed by atoms with Gasteiger partial charge in [0, 0.05) is 38.2 Å². The van der Waals surface area contributed by atoms with Gasteiger partial charge in [0.1, 0.15) is 5.56 Å². The molecule has 1 fully saturated rings. The molecule has 0 unspecified atom stereocenters. The van der Waals surface area contributed by atoms with E-state index < -0.39 is 28.9 Å². The molecule has 11 heteroatoms. The Bertz CT molecular complexity index is 764. The van der Waals surface area contributed by atoms with Gasteiger partial charge in [-0.3, -0.25) is 19.7 Å². The van der Waals surface area contributed by atoms with E-state index in [9.17, 15) is 28.5 Å². The van der Waals surface area contributed by atoms with Crippen LogP contribution in [0.5, 0.6) is 11.5 Å². The van der Waals surface area contributed by atoms with Crippen LogP contribution in [-0.4, -0.2) is 66.4 Å². The summed E-state index contributed by atoms with van der Waals surface area (Å²) in [6.07, 6.45) is 0. The second-order valence-electron chi connectivity index (χ2n) is 6.43. The Morgan fingerprint density at radius 3 is 2.14 bits per heavy atom. The summed E-state index contributed by atoms with van der Waals surface area (Å²) < 4.78 is 34.2. The van der Waals surface area contributed by atoms with Gasteiger partial charge in [-0.2, -0.15) is 8.78 Å². The summed E-state index contributed by atoms with van der Waals surface area (Å²) in [6, 6.07) is 1.76. The van der Waals surface area contributed by atoms with Crippen LogP contribution in [0.3, 0.4) is 0 Å². The minimum absolute atomic E-state index is 0.0340. The number of benzene rings is 1. The SMILES string of the molecule is COc1cc(C(=O)N2CCN(C(=O)C(C)C)CC2)c([N+](=O)[O-])cc1OC(F)F. The Hall–Kier alpha value is -2.98. The Morgan fingerprint density at radius 2 is 1.68 bits per heavy atom. The number of nitro groups is 1. The zero-order valence-electron chi connectivity index (χ0n) is 15.7. The van der Waals surface area contributed by atoms with Crippen molar-refractivity contribution < 1.29 is 32.8 Å². The van der Waals surface area contributed by atoms with Crippen LogP contribution in [-0.2, 0) is 4.79 Å². The number of rotatable bonds is 6. The van der Waals surface area contributed by atoms with E-state index in [0.717, 1.165) is 12.1 Å². The van der Waals surface area contributed by atoms with Gasteiger partial charge in [0.15, 0.2) is 11.5 Å². The van der Waals surface area contributed by atoms with Gasteiger partial charge in [-0.25, -0.2) is 0 Å². The first kappa shape index (κ1) is 21.3. The molecule has 1 aliphatic heterocycles. The fourth-order valence-electron chi connectivity index (χ4n) is 2.88. The molecule has 2 amide bonds. The lowest BCUT2D eigenvalue weighted by Gasteiger charge is -2.35. The van der Waals surface area contributed by atoms with Gasteiger partial charge in [-0.05, 0) is 0 Å². The highest BCUT2D eigenvalue weighted by Crippen LogP contribution is 2.36. The summed E-state index contributed by atoms with van der Waals surface area (Å²) in [5.41, 5.74) is -0.964. The smallest absolute Gasteiger partial charge is 0.387 e. The number of amides is 2. The third-order valence-electron chi connectivity index (χ3n) is 4.30. The van der Waals surface area contributed by atoms with Crippen molar-refractivity contribution in [2.24, 2.45) is 5.92 Å². The lowest BCUT2D eigenvalue weighted by atomic mass is 10.1. The lowest BCUT2D eigenvalue weighted by Crippen LogP contribution is -2.51. The number of nitrogens with zero attached hydrogens (tertiary/aromatic N) is 3. The van der Waals surface area contributed by atoms with Crippen LogP contribution < -0.4 is 9.47 Å². The maximum Gasteiger partial charge on any atom is 0.387 e. The van der Waals surface area contributed by atoms with E-state index in [1.54, 1.807) is 18.7 Å². The predicted molar refractivity (Wildman–Crippen MR) is 93.6 cm³/mol. The van der Waals surface area contributed by atoms with Crippen LogP contribution in [0.2, 0.25) is 0 Å². The lowest BCUT2D eigenvalue weighted by molar-refractivity contribution is -0.385. The maximum absolute atomic E-state index is 12.8. The number of piperazine rings is 1. The number of carbonyl (C=O) groups is 2. The van der Waals surface area contributed by atoms with Crippen LogP contribution >= 0.6 is 0 Å². The molecule has 28 heavy (non-hydrogen) atoms. The summed E-state index contributed by atoms with van der Waals surface area (Å²) in [5.74, 6) is -1.61. The van der Waals surface area contributed by atoms with E-state index in [2.05, 4.69) is 4.74 Å². The third kappa shape index (κ3) is 4.65. The molecule has 2 rings (SSSR count). The summed E-state index contributed by atoms with van der Waals surface area (Å²) >= 11 is 0. The minimum Gasteiger partial charge on any atom is -0.493 e. The normalized spacial score (nSPS) is 14.4. The highest BCUT2D eigenvalue weighted by Gasteiger charge is 2.31. The Kier molecular flexibility index (Phi) is 6.71. The monoisotopic (exact) mass is 401 g/mol. The predicted octanol–water partition coefficient (Wildman–Crippen LogP) is 2.15. The standard InChI is InChI=1S/C17H21F2N3O6/c1-10(2)15(23)20-4-6-21(7-5-20)16(24)11-8-13(27-3)14(28-17(18)19)9-12(11)22(25)26/h8-10,17H,4-7H2,1-3H3. The molecule has 1 aromatic carbocycles. The van der Waals surface area contributed by atoms with Crippen molar-refractivity contribution in [3.05, 3.63) is 27.8 Å². The Labute approximate surface area is 159 Å². The first-order valence-electron chi connectivity index (χ1n) is 8.55. The number of ether oxygens (including phenoxy) is 2. The van der Waals surface area contributed by atoms with Crippen molar-refractivity contribution in [1.82, 2.24) is 9.80 Å². The molecule has 0 bridgehead atoms. The van der Waals surface area contributed by atoms with Crippen molar-refractivity contribution in [3.63, 3.8) is 0 Å². The van der Waals surface area contributed by atoms with Gasteiger partial charge < -0.3 is 19.3 Å². The van der Waals surface area contributed by atoms with E-state index in [4.69, 9.17) is 4.74 Å². The molecular weight excluding hydrogens is 380 g/mol. The van der Waals surface area contributed by atoms with Gasteiger partial charge in [0.05, 0.1) is 18.1 Å². The molecule has 0 radical (unpaired) electrons. The molecular formula is C17H21F2N3O6. The summed E-state index contributed by atoms with van der Waals surface area (Å²) in [5, 5.41) is 11.4. The Morgan fingerprint density at radius 1 is 1.11 bits per heavy atom. The average molecular weight is 401 g/mol. The van der Waals surface area contributed by atoms with Gasteiger partial charge in [0.25, 0.3) is 11.6 Å². The van der Waals surface area contributed by atoms with Crippen LogP contribution in [0, 0.1) is 16.0 Å². The zero-order valence-corrected chi connectivity index (χ0v) is 15.7. The quantitative estimate of drug-likeness (QED) is 0.535. The summed E-state index contributed by atoms with van der Waals surface area (Å²) in [4.78, 5) is 38.4. The molecule has 1 aliphatic rings. The maximum atomic E-state index is 12.8. The van der Waals surface area contributed by atoms with E-state index in [-0.39, 0.29) is 36.2 Å². The van der Waals surface area contributed by atoms with Gasteiger partial charge in [-0.1, -0.05) is 13.8 Å². The molecule has 1 aromatic rings. The summed E-state index contributed by atoms with van der Waals surface area (Å²) in [6.45, 7) is 1.36. The van der Waals surface area contributed by atoms with Crippen LogP contribution in [0.15, 0.2) is 12.1 Å². The van der Waals surface area contributed by atoms with Crippen molar-refractivity contribution in [2.75, 3.05) is 33.3 Å². The average Bonchev–Trinajstić information content (AvgIpc) is 2.66. The van der Waals surface area contributed by atoms with Gasteiger partial charge in [-0.15, -0.1) is 0 Å². The van der Waals surface area contributed by atoms with E-state index in [1.807, 2.05) is 0 Å². The molecule has 1 saturated heterocycles. The molecule has 0 saturated carbocycles. The van der Waals surface area contributed by atoms with E-state index >= 15 is 0 Å². The molecule has 9 nitrogen and oxygen atoms in total. The first-order chi connectivity index (χ1) is 13.1. The number of methoxy groups -OCH3 is 1. The number of halogens is 2. The fraction of sp³-hybridized carbons (Fsp3) is 0.529. The van der Waals surface area contributed by atoms with E-state index in [0.29, 0.717) is 13.1 Å². The van der Waals surface area contributed by atoms with Crippen molar-refractivity contribution >= 4 is 17.5 Å². The minimum atomic E-state index is -3.21.